The van der Waals surface area contributed by atoms with Crippen LogP contribution in [0.15, 0.2) is 6.20 Å². The van der Waals surface area contributed by atoms with E-state index in [0.29, 0.717) is 44.8 Å². The zero-order chi connectivity index (χ0) is 19.4. The van der Waals surface area contributed by atoms with Crippen molar-refractivity contribution in [3.05, 3.63) is 16.3 Å². The van der Waals surface area contributed by atoms with Gasteiger partial charge in [0.05, 0.1) is 10.3 Å². The highest BCUT2D eigenvalue weighted by Crippen LogP contribution is 2.37. The van der Waals surface area contributed by atoms with E-state index < -0.39 is 16.3 Å². The van der Waals surface area contributed by atoms with Gasteiger partial charge in [-0.05, 0) is 45.4 Å². The summed E-state index contributed by atoms with van der Waals surface area (Å²) in [6, 6.07) is 0.126. The minimum atomic E-state index is -0.795. The zero-order valence-electron chi connectivity index (χ0n) is 15.3. The molecule has 148 valence electrons. The first-order chi connectivity index (χ1) is 12.9. The Morgan fingerprint density at radius 1 is 1.26 bits per heavy atom. The maximum atomic E-state index is 11.4. The van der Waals surface area contributed by atoms with Crippen LogP contribution in [0, 0.1) is 15.5 Å². The van der Waals surface area contributed by atoms with E-state index in [1.807, 2.05) is 0 Å². The third kappa shape index (κ3) is 4.62. The molecule has 10 nitrogen and oxygen atoms in total. The Kier molecular flexibility index (Phi) is 5.73. The number of nitro groups is 1. The molecule has 1 saturated heterocycles. The lowest BCUT2D eigenvalue weighted by atomic mass is 9.74. The standard InChI is InChI=1S/C17H25N5O5/c1-17(15(23)24)6-2-11(3-7-17)19-14-13(22(25)26)10-18-16(21-14)20-12-4-8-27-9-5-12/h10-12H,2-9H2,1H3,(H,23,24)(H2,18,19,20,21)/t11-,17-. The summed E-state index contributed by atoms with van der Waals surface area (Å²) < 4.78 is 5.32. The summed E-state index contributed by atoms with van der Waals surface area (Å²) in [5.74, 6) is -0.272. The Hall–Kier alpha value is -2.49. The Balaban J connectivity index is 1.70. The Labute approximate surface area is 156 Å². The largest absolute Gasteiger partial charge is 0.481 e. The number of carboxylic acids is 1. The number of ether oxygens (including phenoxy) is 1. The molecule has 3 rings (SSSR count). The fourth-order valence-corrected chi connectivity index (χ4v) is 3.52. The predicted molar refractivity (Wildman–Crippen MR) is 97.8 cm³/mol. The van der Waals surface area contributed by atoms with Gasteiger partial charge in [0, 0.05) is 25.3 Å². The molecule has 0 unspecified atom stereocenters. The van der Waals surface area contributed by atoms with Gasteiger partial charge < -0.3 is 20.5 Å². The Morgan fingerprint density at radius 3 is 2.48 bits per heavy atom. The van der Waals surface area contributed by atoms with Crippen molar-refractivity contribution in [1.29, 1.82) is 0 Å². The maximum Gasteiger partial charge on any atom is 0.329 e. The summed E-state index contributed by atoms with van der Waals surface area (Å²) in [5, 5.41) is 27.0. The van der Waals surface area contributed by atoms with Crippen molar-refractivity contribution < 1.29 is 19.6 Å². The van der Waals surface area contributed by atoms with Crippen LogP contribution < -0.4 is 10.6 Å². The van der Waals surface area contributed by atoms with Gasteiger partial charge in [0.1, 0.15) is 6.20 Å². The van der Waals surface area contributed by atoms with Crippen LogP contribution in [0.3, 0.4) is 0 Å². The van der Waals surface area contributed by atoms with Crippen LogP contribution in [0.2, 0.25) is 0 Å². The van der Waals surface area contributed by atoms with Gasteiger partial charge in [-0.25, -0.2) is 4.98 Å². The lowest BCUT2D eigenvalue weighted by molar-refractivity contribution is -0.384. The molecule has 2 aliphatic rings. The predicted octanol–water partition coefficient (Wildman–Crippen LogP) is 2.42. The van der Waals surface area contributed by atoms with Gasteiger partial charge in [-0.1, -0.05) is 0 Å². The van der Waals surface area contributed by atoms with Gasteiger partial charge >= 0.3 is 11.7 Å². The second-order valence-electron chi connectivity index (χ2n) is 7.50. The summed E-state index contributed by atoms with van der Waals surface area (Å²) in [6.07, 6.45) is 5.15. The molecule has 1 aliphatic carbocycles. The van der Waals surface area contributed by atoms with E-state index in [4.69, 9.17) is 4.74 Å². The molecule has 2 fully saturated rings. The van der Waals surface area contributed by atoms with Crippen molar-refractivity contribution in [2.24, 2.45) is 5.41 Å². The van der Waals surface area contributed by atoms with Crippen LogP contribution in [-0.4, -0.2) is 51.3 Å². The van der Waals surface area contributed by atoms with Crippen molar-refractivity contribution in [2.75, 3.05) is 23.8 Å². The fourth-order valence-electron chi connectivity index (χ4n) is 3.52. The number of nitrogens with one attached hydrogen (secondary N) is 2. The highest BCUT2D eigenvalue weighted by atomic mass is 16.6. The van der Waals surface area contributed by atoms with Crippen molar-refractivity contribution >= 4 is 23.4 Å². The second kappa shape index (κ2) is 8.03. The van der Waals surface area contributed by atoms with E-state index in [-0.39, 0.29) is 23.6 Å². The van der Waals surface area contributed by atoms with Crippen LogP contribution in [0.5, 0.6) is 0 Å². The molecular formula is C17H25N5O5. The number of aromatic nitrogens is 2. The Morgan fingerprint density at radius 2 is 1.89 bits per heavy atom. The lowest BCUT2D eigenvalue weighted by Crippen LogP contribution is -2.37. The van der Waals surface area contributed by atoms with E-state index in [2.05, 4.69) is 20.6 Å². The molecule has 0 bridgehead atoms. The molecule has 1 saturated carbocycles. The monoisotopic (exact) mass is 379 g/mol. The molecule has 0 aromatic carbocycles. The first kappa shape index (κ1) is 19.3. The lowest BCUT2D eigenvalue weighted by Gasteiger charge is -2.34. The van der Waals surface area contributed by atoms with E-state index in [1.54, 1.807) is 6.92 Å². The van der Waals surface area contributed by atoms with Gasteiger partial charge in [-0.2, -0.15) is 4.98 Å². The third-order valence-corrected chi connectivity index (χ3v) is 5.47. The number of hydrogen-bond donors (Lipinski definition) is 3. The normalized spacial score (nSPS) is 26.3. The average Bonchev–Trinajstić information content (AvgIpc) is 2.64. The summed E-state index contributed by atoms with van der Waals surface area (Å²) in [7, 11) is 0. The van der Waals surface area contributed by atoms with Crippen LogP contribution >= 0.6 is 0 Å². The molecule has 10 heteroatoms. The number of nitrogens with zero attached hydrogens (tertiary/aromatic N) is 3. The molecule has 0 radical (unpaired) electrons. The maximum absolute atomic E-state index is 11.4. The van der Waals surface area contributed by atoms with Gasteiger partial charge in [0.2, 0.25) is 11.8 Å². The molecule has 2 heterocycles. The molecule has 0 atom stereocenters. The first-order valence-electron chi connectivity index (χ1n) is 9.23. The number of carboxylic acid groups (broad SMARTS) is 1. The minimum Gasteiger partial charge on any atom is -0.481 e. The van der Waals surface area contributed by atoms with Crippen molar-refractivity contribution in [3.63, 3.8) is 0 Å². The van der Waals surface area contributed by atoms with Gasteiger partial charge in [-0.15, -0.1) is 0 Å². The molecule has 3 N–H and O–H groups in total. The number of hydrogen-bond acceptors (Lipinski definition) is 8. The van der Waals surface area contributed by atoms with Crippen LogP contribution in [0.25, 0.3) is 0 Å². The zero-order valence-corrected chi connectivity index (χ0v) is 15.3. The average molecular weight is 379 g/mol. The number of anilines is 2. The highest BCUT2D eigenvalue weighted by Gasteiger charge is 2.38. The van der Waals surface area contributed by atoms with E-state index in [1.165, 1.54) is 6.20 Å². The van der Waals surface area contributed by atoms with E-state index in [9.17, 15) is 20.0 Å². The molecular weight excluding hydrogens is 354 g/mol. The molecule has 1 aliphatic heterocycles. The van der Waals surface area contributed by atoms with Crippen LogP contribution in [0.1, 0.15) is 45.4 Å². The highest BCUT2D eigenvalue weighted by molar-refractivity contribution is 5.74. The molecule has 27 heavy (non-hydrogen) atoms. The van der Waals surface area contributed by atoms with E-state index in [0.717, 1.165) is 12.8 Å². The van der Waals surface area contributed by atoms with Gasteiger partial charge in [0.15, 0.2) is 0 Å². The molecule has 0 spiro atoms. The molecule has 1 aromatic heterocycles. The van der Waals surface area contributed by atoms with Crippen LogP contribution in [0.4, 0.5) is 17.5 Å². The van der Waals surface area contributed by atoms with Gasteiger partial charge in [0.25, 0.3) is 0 Å². The third-order valence-electron chi connectivity index (χ3n) is 5.47. The minimum absolute atomic E-state index is 0.0537. The summed E-state index contributed by atoms with van der Waals surface area (Å²) >= 11 is 0. The number of carbonyl (C=O) groups is 1. The second-order valence-corrected chi connectivity index (χ2v) is 7.50. The van der Waals surface area contributed by atoms with Crippen molar-refractivity contribution in [1.82, 2.24) is 9.97 Å². The van der Waals surface area contributed by atoms with Gasteiger partial charge in [-0.3, -0.25) is 14.9 Å². The Bertz CT molecular complexity index is 699. The quantitative estimate of drug-likeness (QED) is 0.502. The van der Waals surface area contributed by atoms with Crippen molar-refractivity contribution in [3.8, 4) is 0 Å². The summed E-state index contributed by atoms with van der Waals surface area (Å²) in [6.45, 7) is 3.08. The van der Waals surface area contributed by atoms with Crippen LogP contribution in [-0.2, 0) is 9.53 Å². The number of aliphatic carboxylic acids is 1. The first-order valence-corrected chi connectivity index (χ1v) is 9.23. The van der Waals surface area contributed by atoms with E-state index >= 15 is 0 Å². The smallest absolute Gasteiger partial charge is 0.329 e. The summed E-state index contributed by atoms with van der Waals surface area (Å²) in [5.41, 5.74) is -0.912. The topological polar surface area (TPSA) is 140 Å². The fraction of sp³-hybridized carbons (Fsp3) is 0.706. The SMILES string of the molecule is C[C@]1(C(=O)O)CC[C@H](Nc2nc(NC3CCOCC3)ncc2[N+](=O)[O-])CC1. The summed E-state index contributed by atoms with van der Waals surface area (Å²) in [4.78, 5) is 30.6. The molecule has 1 aromatic rings. The van der Waals surface area contributed by atoms with Crippen molar-refractivity contribution in [2.45, 2.75) is 57.5 Å². The number of rotatable bonds is 6. The molecule has 0 amide bonds.